The number of esters is 1. The standard InChI is InChI=1S/C31H47ClO3/c1-18(2)19-11-14-31(26(34)35-8)16-15-29(6)20(24(19)31)9-10-23-28(5)17-21(32)25(33)27(3,4)22(28)12-13-30(23,29)7/h17-20,22-24H,9-16H2,1-8H3/t19-,20?,22?,23+,24?,28-,29+,30+,31-/m0/s1. The molecule has 0 bridgehead atoms. The Balaban J connectivity index is 1.60. The lowest BCUT2D eigenvalue weighted by molar-refractivity contribution is -0.224. The smallest absolute Gasteiger partial charge is 0.312 e. The lowest BCUT2D eigenvalue weighted by Gasteiger charge is -2.71. The molecule has 3 nitrogen and oxygen atoms in total. The molecule has 0 spiro atoms. The van der Waals surface area contributed by atoms with E-state index in [1.807, 2.05) is 0 Å². The normalized spacial score (nSPS) is 50.5. The largest absolute Gasteiger partial charge is 0.469 e. The van der Waals surface area contributed by atoms with Gasteiger partial charge in [-0.05, 0) is 103 Å². The molecule has 5 rings (SSSR count). The molecule has 0 heterocycles. The summed E-state index contributed by atoms with van der Waals surface area (Å²) in [5.74, 6) is 3.14. The Bertz CT molecular complexity index is 966. The minimum absolute atomic E-state index is 0.0536. The van der Waals surface area contributed by atoms with Crippen molar-refractivity contribution in [3.63, 3.8) is 0 Å². The molecule has 0 aromatic heterocycles. The van der Waals surface area contributed by atoms with Gasteiger partial charge in [0.15, 0.2) is 5.78 Å². The van der Waals surface area contributed by atoms with Crippen molar-refractivity contribution in [2.24, 2.45) is 62.6 Å². The van der Waals surface area contributed by atoms with E-state index in [1.54, 1.807) is 7.11 Å². The van der Waals surface area contributed by atoms with Crippen LogP contribution in [0.2, 0.25) is 0 Å². The van der Waals surface area contributed by atoms with Gasteiger partial charge in [-0.2, -0.15) is 0 Å². The van der Waals surface area contributed by atoms with Crippen LogP contribution < -0.4 is 0 Å². The maximum Gasteiger partial charge on any atom is 0.312 e. The lowest BCUT2D eigenvalue weighted by atomic mass is 9.33. The van der Waals surface area contributed by atoms with E-state index in [0.29, 0.717) is 40.5 Å². The summed E-state index contributed by atoms with van der Waals surface area (Å²) in [4.78, 5) is 26.5. The molecular weight excluding hydrogens is 456 g/mol. The Labute approximate surface area is 218 Å². The van der Waals surface area contributed by atoms with Gasteiger partial charge in [-0.15, -0.1) is 0 Å². The highest BCUT2D eigenvalue weighted by molar-refractivity contribution is 6.43. The van der Waals surface area contributed by atoms with Gasteiger partial charge in [-0.1, -0.05) is 66.1 Å². The monoisotopic (exact) mass is 502 g/mol. The van der Waals surface area contributed by atoms with Crippen LogP contribution >= 0.6 is 11.6 Å². The van der Waals surface area contributed by atoms with Crippen molar-refractivity contribution in [2.75, 3.05) is 7.11 Å². The zero-order chi connectivity index (χ0) is 25.8. The number of Topliss-reactive ketones (excluding diaryl/α,β-unsaturated/α-hetero) is 1. The average molecular weight is 503 g/mol. The summed E-state index contributed by atoms with van der Waals surface area (Å²) in [6, 6.07) is 0. The average Bonchev–Trinajstić information content (AvgIpc) is 3.18. The van der Waals surface area contributed by atoms with E-state index in [1.165, 1.54) is 6.42 Å². The highest BCUT2D eigenvalue weighted by atomic mass is 35.5. The van der Waals surface area contributed by atoms with Crippen LogP contribution in [0.1, 0.15) is 99.8 Å². The third kappa shape index (κ3) is 3.03. The summed E-state index contributed by atoms with van der Waals surface area (Å²) in [6.45, 7) is 16.5. The number of carbonyl (C=O) groups is 2. The van der Waals surface area contributed by atoms with Crippen LogP contribution in [0.5, 0.6) is 0 Å². The molecule has 5 aliphatic rings. The molecule has 9 atom stereocenters. The minimum atomic E-state index is -0.416. The third-order valence-electron chi connectivity index (χ3n) is 13.2. The number of ketones is 1. The molecule has 196 valence electrons. The van der Waals surface area contributed by atoms with Gasteiger partial charge in [-0.3, -0.25) is 9.59 Å². The van der Waals surface area contributed by atoms with Gasteiger partial charge >= 0.3 is 5.97 Å². The van der Waals surface area contributed by atoms with Gasteiger partial charge in [0.05, 0.1) is 17.6 Å². The Morgan fingerprint density at radius 3 is 2.26 bits per heavy atom. The number of rotatable bonds is 2. The Morgan fingerprint density at radius 1 is 0.943 bits per heavy atom. The molecule has 0 aliphatic heterocycles. The van der Waals surface area contributed by atoms with Crippen LogP contribution in [0, 0.1) is 62.6 Å². The topological polar surface area (TPSA) is 43.4 Å². The van der Waals surface area contributed by atoms with Crippen molar-refractivity contribution in [2.45, 2.75) is 99.8 Å². The zero-order valence-electron chi connectivity index (χ0n) is 23.3. The number of ether oxygens (including phenoxy) is 1. The molecule has 0 aromatic rings. The van der Waals surface area contributed by atoms with Gasteiger partial charge in [0.25, 0.3) is 0 Å². The molecule has 0 amide bonds. The number of fused-ring (bicyclic) bond motifs is 7. The lowest BCUT2D eigenvalue weighted by Crippen LogP contribution is -2.66. The molecule has 35 heavy (non-hydrogen) atoms. The fourth-order valence-electron chi connectivity index (χ4n) is 11.4. The molecule has 0 radical (unpaired) electrons. The number of halogens is 1. The molecule has 4 heteroatoms. The van der Waals surface area contributed by atoms with Crippen LogP contribution in [0.3, 0.4) is 0 Å². The first-order chi connectivity index (χ1) is 16.2. The molecule has 0 N–H and O–H groups in total. The zero-order valence-corrected chi connectivity index (χ0v) is 24.1. The van der Waals surface area contributed by atoms with Crippen molar-refractivity contribution in [1.29, 1.82) is 0 Å². The van der Waals surface area contributed by atoms with Crippen LogP contribution in [0.15, 0.2) is 11.1 Å². The summed E-state index contributed by atoms with van der Waals surface area (Å²) in [5.41, 5.74) is -0.437. The fourth-order valence-corrected chi connectivity index (χ4v) is 11.9. The predicted octanol–water partition coefficient (Wildman–Crippen LogP) is 7.81. The molecule has 0 aromatic carbocycles. The first-order valence-electron chi connectivity index (χ1n) is 14.2. The first kappa shape index (κ1) is 25.8. The van der Waals surface area contributed by atoms with Crippen molar-refractivity contribution in [1.82, 2.24) is 0 Å². The molecule has 4 fully saturated rings. The summed E-state index contributed by atoms with van der Waals surface area (Å²) < 4.78 is 5.51. The highest BCUT2D eigenvalue weighted by Crippen LogP contribution is 2.77. The van der Waals surface area contributed by atoms with Crippen LogP contribution in [0.25, 0.3) is 0 Å². The van der Waals surface area contributed by atoms with Gasteiger partial charge in [-0.25, -0.2) is 0 Å². The van der Waals surface area contributed by atoms with E-state index in [0.717, 1.165) is 44.9 Å². The van der Waals surface area contributed by atoms with E-state index in [9.17, 15) is 9.59 Å². The van der Waals surface area contributed by atoms with Crippen LogP contribution in [0.4, 0.5) is 0 Å². The molecule has 3 unspecified atom stereocenters. The van der Waals surface area contributed by atoms with Crippen molar-refractivity contribution >= 4 is 23.4 Å². The second kappa shape index (κ2) is 7.84. The summed E-state index contributed by atoms with van der Waals surface area (Å²) >= 11 is 6.67. The maximum atomic E-state index is 13.4. The van der Waals surface area contributed by atoms with Crippen LogP contribution in [-0.2, 0) is 14.3 Å². The molecule has 4 saturated carbocycles. The number of carbonyl (C=O) groups excluding carboxylic acids is 2. The van der Waals surface area contributed by atoms with E-state index in [-0.39, 0.29) is 33.4 Å². The Kier molecular flexibility index (Phi) is 5.78. The number of methoxy groups -OCH3 is 1. The first-order valence-corrected chi connectivity index (χ1v) is 14.6. The minimum Gasteiger partial charge on any atom is -0.469 e. The summed E-state index contributed by atoms with van der Waals surface area (Å²) in [7, 11) is 1.59. The maximum absolute atomic E-state index is 13.4. The van der Waals surface area contributed by atoms with E-state index in [4.69, 9.17) is 16.3 Å². The van der Waals surface area contributed by atoms with E-state index < -0.39 is 5.41 Å². The van der Waals surface area contributed by atoms with E-state index in [2.05, 4.69) is 54.5 Å². The van der Waals surface area contributed by atoms with Crippen molar-refractivity contribution in [3.8, 4) is 0 Å². The molecule has 0 saturated heterocycles. The highest BCUT2D eigenvalue weighted by Gasteiger charge is 2.72. The van der Waals surface area contributed by atoms with Crippen molar-refractivity contribution in [3.05, 3.63) is 11.1 Å². The van der Waals surface area contributed by atoms with E-state index >= 15 is 0 Å². The third-order valence-corrected chi connectivity index (χ3v) is 13.5. The predicted molar refractivity (Wildman–Crippen MR) is 141 cm³/mol. The van der Waals surface area contributed by atoms with Crippen LogP contribution in [-0.4, -0.2) is 18.9 Å². The number of allylic oxidation sites excluding steroid dienone is 2. The SMILES string of the molecule is COC(=O)[C@]12CC[C@@H](C(C)C)C1C1CC[C@@H]3[C@@]4(C)C=C(Cl)C(=O)C(C)(C)C4CC[C@@]3(C)[C@]1(C)CC2. The van der Waals surface area contributed by atoms with Gasteiger partial charge in [0.1, 0.15) is 0 Å². The van der Waals surface area contributed by atoms with Crippen molar-refractivity contribution < 1.29 is 14.3 Å². The summed E-state index contributed by atoms with van der Waals surface area (Å²) in [6.07, 6.45) is 11.0. The van der Waals surface area contributed by atoms with Gasteiger partial charge in [0, 0.05) is 5.41 Å². The summed E-state index contributed by atoms with van der Waals surface area (Å²) in [5, 5.41) is 0.453. The fraction of sp³-hybridized carbons (Fsp3) is 0.871. The Morgan fingerprint density at radius 2 is 1.63 bits per heavy atom. The van der Waals surface area contributed by atoms with Gasteiger partial charge < -0.3 is 4.74 Å². The second-order valence-corrected chi connectivity index (χ2v) is 15.1. The number of hydrogen-bond acceptors (Lipinski definition) is 3. The molecule has 5 aliphatic carbocycles. The number of hydrogen-bond donors (Lipinski definition) is 0. The Hall–Kier alpha value is -0.830. The second-order valence-electron chi connectivity index (χ2n) is 14.7. The molecular formula is C31H47ClO3. The van der Waals surface area contributed by atoms with Gasteiger partial charge in [0.2, 0.25) is 0 Å². The quantitative estimate of drug-likeness (QED) is 0.361.